The summed E-state index contributed by atoms with van der Waals surface area (Å²) >= 11 is 0. The van der Waals surface area contributed by atoms with Gasteiger partial charge in [0.05, 0.1) is 24.4 Å². The van der Waals surface area contributed by atoms with E-state index in [1.807, 2.05) is 10.7 Å². The Morgan fingerprint density at radius 3 is 2.90 bits per heavy atom. The number of nitrogens with two attached hydrogens (primary N) is 1. The fourth-order valence-electron chi connectivity index (χ4n) is 2.28. The van der Waals surface area contributed by atoms with Crippen LogP contribution in [-0.4, -0.2) is 16.9 Å². The molecule has 0 saturated heterocycles. The molecule has 0 amide bonds. The van der Waals surface area contributed by atoms with E-state index in [0.29, 0.717) is 11.3 Å². The van der Waals surface area contributed by atoms with Gasteiger partial charge >= 0.3 is 0 Å². The van der Waals surface area contributed by atoms with Crippen molar-refractivity contribution in [3.8, 4) is 5.75 Å². The summed E-state index contributed by atoms with van der Waals surface area (Å²) in [5, 5.41) is 4.24. The summed E-state index contributed by atoms with van der Waals surface area (Å²) < 4.78 is 21.2. The van der Waals surface area contributed by atoms with Crippen molar-refractivity contribution in [2.24, 2.45) is 5.84 Å². The normalized spacial score (nSPS) is 12.4. The second-order valence-corrected chi connectivity index (χ2v) is 4.43. The van der Waals surface area contributed by atoms with Crippen LogP contribution in [0, 0.1) is 5.82 Å². The summed E-state index contributed by atoms with van der Waals surface area (Å²) in [7, 11) is 1.51. The van der Waals surface area contributed by atoms with Crippen molar-refractivity contribution in [1.29, 1.82) is 0 Å². The van der Waals surface area contributed by atoms with Crippen LogP contribution in [0.5, 0.6) is 5.75 Å². The highest BCUT2D eigenvalue weighted by Gasteiger charge is 2.24. The number of nitrogens with one attached hydrogen (secondary N) is 1. The molecular weight excluding hydrogens is 259 g/mol. The third-order valence-electron chi connectivity index (χ3n) is 3.17. The average Bonchev–Trinajstić information content (AvgIpc) is 2.90. The van der Waals surface area contributed by atoms with Crippen molar-refractivity contribution < 1.29 is 9.13 Å². The van der Waals surface area contributed by atoms with Crippen molar-refractivity contribution in [3.63, 3.8) is 0 Å². The van der Waals surface area contributed by atoms with Crippen LogP contribution in [0.25, 0.3) is 0 Å². The van der Waals surface area contributed by atoms with E-state index in [0.717, 1.165) is 18.7 Å². The number of aryl methyl sites for hydroxylation is 1. The molecular formula is C14H19FN4O. The van der Waals surface area contributed by atoms with Crippen LogP contribution in [0.4, 0.5) is 4.39 Å². The van der Waals surface area contributed by atoms with Crippen LogP contribution < -0.4 is 16.0 Å². The lowest BCUT2D eigenvalue weighted by Crippen LogP contribution is -2.31. The molecule has 1 unspecified atom stereocenters. The zero-order valence-corrected chi connectivity index (χ0v) is 11.6. The summed E-state index contributed by atoms with van der Waals surface area (Å²) in [5.41, 5.74) is 3.84. The van der Waals surface area contributed by atoms with Gasteiger partial charge in [-0.05, 0) is 24.6 Å². The predicted molar refractivity (Wildman–Crippen MR) is 74.6 cm³/mol. The standard InChI is InChI=1S/C14H19FN4O/c1-3-9-19-11(7-8-17-19)14(18-16)13-10(15)5-4-6-12(13)20-2/h4-8,14,18H,3,9,16H2,1-2H3. The molecule has 108 valence electrons. The van der Waals surface area contributed by atoms with Crippen LogP contribution in [0.2, 0.25) is 0 Å². The van der Waals surface area contributed by atoms with Gasteiger partial charge in [-0.1, -0.05) is 13.0 Å². The molecule has 20 heavy (non-hydrogen) atoms. The number of rotatable bonds is 6. The van der Waals surface area contributed by atoms with Gasteiger partial charge in [0.15, 0.2) is 0 Å². The van der Waals surface area contributed by atoms with Crippen LogP contribution in [0.1, 0.15) is 30.6 Å². The molecule has 3 N–H and O–H groups in total. The van der Waals surface area contributed by atoms with Crippen molar-refractivity contribution in [1.82, 2.24) is 15.2 Å². The number of halogens is 1. The number of benzene rings is 1. The summed E-state index contributed by atoms with van der Waals surface area (Å²) in [4.78, 5) is 0. The van der Waals surface area contributed by atoms with Crippen molar-refractivity contribution in [2.75, 3.05) is 7.11 Å². The maximum Gasteiger partial charge on any atom is 0.132 e. The molecule has 0 fully saturated rings. The first-order chi connectivity index (χ1) is 9.72. The number of methoxy groups -OCH3 is 1. The molecule has 0 radical (unpaired) electrons. The first kappa shape index (κ1) is 14.5. The zero-order valence-electron chi connectivity index (χ0n) is 11.6. The molecule has 0 spiro atoms. The van der Waals surface area contributed by atoms with Crippen LogP contribution in [0.15, 0.2) is 30.5 Å². The minimum Gasteiger partial charge on any atom is -0.496 e. The molecule has 2 rings (SSSR count). The van der Waals surface area contributed by atoms with Gasteiger partial charge in [-0.15, -0.1) is 0 Å². The molecule has 0 aliphatic rings. The Labute approximate surface area is 117 Å². The average molecular weight is 278 g/mol. The van der Waals surface area contributed by atoms with Gasteiger partial charge in [-0.25, -0.2) is 9.82 Å². The lowest BCUT2D eigenvalue weighted by Gasteiger charge is -2.20. The molecule has 2 aromatic rings. The second kappa shape index (κ2) is 6.49. The van der Waals surface area contributed by atoms with Gasteiger partial charge in [-0.3, -0.25) is 10.5 Å². The van der Waals surface area contributed by atoms with E-state index in [9.17, 15) is 4.39 Å². The predicted octanol–water partition coefficient (Wildman–Crippen LogP) is 1.99. The molecule has 1 aromatic heterocycles. The SMILES string of the molecule is CCCn1nccc1C(NN)c1c(F)cccc1OC. The van der Waals surface area contributed by atoms with Gasteiger partial charge in [0.2, 0.25) is 0 Å². The van der Waals surface area contributed by atoms with E-state index in [4.69, 9.17) is 10.6 Å². The Hall–Kier alpha value is -1.92. The fourth-order valence-corrected chi connectivity index (χ4v) is 2.28. The minimum atomic E-state index is -0.514. The zero-order chi connectivity index (χ0) is 14.5. The molecule has 1 aromatic carbocycles. The third kappa shape index (κ3) is 2.66. The van der Waals surface area contributed by atoms with E-state index >= 15 is 0 Å². The van der Waals surface area contributed by atoms with E-state index < -0.39 is 6.04 Å². The van der Waals surface area contributed by atoms with Gasteiger partial charge < -0.3 is 4.74 Å². The molecule has 0 aliphatic carbocycles. The summed E-state index contributed by atoms with van der Waals surface area (Å²) in [6.45, 7) is 2.80. The molecule has 6 heteroatoms. The summed E-state index contributed by atoms with van der Waals surface area (Å²) in [6, 6.07) is 6.02. The summed E-state index contributed by atoms with van der Waals surface area (Å²) in [6.07, 6.45) is 2.61. The van der Waals surface area contributed by atoms with Crippen molar-refractivity contribution in [3.05, 3.63) is 47.5 Å². The Morgan fingerprint density at radius 1 is 1.45 bits per heavy atom. The maximum absolute atomic E-state index is 14.2. The Balaban J connectivity index is 2.50. The largest absolute Gasteiger partial charge is 0.496 e. The highest BCUT2D eigenvalue weighted by atomic mass is 19.1. The van der Waals surface area contributed by atoms with E-state index in [1.54, 1.807) is 18.3 Å². The van der Waals surface area contributed by atoms with Crippen LogP contribution in [0.3, 0.4) is 0 Å². The Morgan fingerprint density at radius 2 is 2.25 bits per heavy atom. The highest BCUT2D eigenvalue weighted by Crippen LogP contribution is 2.31. The van der Waals surface area contributed by atoms with E-state index in [1.165, 1.54) is 13.2 Å². The van der Waals surface area contributed by atoms with E-state index in [-0.39, 0.29) is 5.82 Å². The highest BCUT2D eigenvalue weighted by molar-refractivity contribution is 5.41. The van der Waals surface area contributed by atoms with Crippen molar-refractivity contribution >= 4 is 0 Å². The number of hydrogen-bond donors (Lipinski definition) is 2. The van der Waals surface area contributed by atoms with Gasteiger partial charge in [-0.2, -0.15) is 5.10 Å². The molecule has 0 saturated carbocycles. The Bertz CT molecular complexity index is 570. The lowest BCUT2D eigenvalue weighted by molar-refractivity contribution is 0.394. The van der Waals surface area contributed by atoms with Crippen LogP contribution >= 0.6 is 0 Å². The number of aromatic nitrogens is 2. The minimum absolute atomic E-state index is 0.364. The fraction of sp³-hybridized carbons (Fsp3) is 0.357. The molecule has 0 bridgehead atoms. The molecule has 0 aliphatic heterocycles. The monoisotopic (exact) mass is 278 g/mol. The van der Waals surface area contributed by atoms with Gasteiger partial charge in [0.25, 0.3) is 0 Å². The van der Waals surface area contributed by atoms with Crippen LogP contribution in [-0.2, 0) is 6.54 Å². The van der Waals surface area contributed by atoms with Gasteiger partial charge in [0.1, 0.15) is 11.6 Å². The Kier molecular flexibility index (Phi) is 4.70. The van der Waals surface area contributed by atoms with E-state index in [2.05, 4.69) is 17.4 Å². The number of hydrogen-bond acceptors (Lipinski definition) is 4. The molecule has 1 heterocycles. The first-order valence-corrected chi connectivity index (χ1v) is 6.53. The maximum atomic E-state index is 14.2. The third-order valence-corrected chi connectivity index (χ3v) is 3.17. The smallest absolute Gasteiger partial charge is 0.132 e. The molecule has 1 atom stereocenters. The van der Waals surface area contributed by atoms with Gasteiger partial charge in [0, 0.05) is 12.7 Å². The van der Waals surface area contributed by atoms with Crippen molar-refractivity contribution in [2.45, 2.75) is 25.9 Å². The summed E-state index contributed by atoms with van der Waals surface area (Å²) in [5.74, 6) is 5.73. The topological polar surface area (TPSA) is 65.1 Å². The molecule has 5 nitrogen and oxygen atoms in total. The first-order valence-electron chi connectivity index (χ1n) is 6.53. The quantitative estimate of drug-likeness (QED) is 0.626. The number of hydrazine groups is 1. The number of ether oxygens (including phenoxy) is 1. The second-order valence-electron chi connectivity index (χ2n) is 4.43. The number of nitrogens with zero attached hydrogens (tertiary/aromatic N) is 2. The lowest BCUT2D eigenvalue weighted by atomic mass is 10.0.